The van der Waals surface area contributed by atoms with Gasteiger partial charge in [0.05, 0.1) is 0 Å². The second kappa shape index (κ2) is 2.77. The van der Waals surface area contributed by atoms with Gasteiger partial charge in [-0.3, -0.25) is 0 Å². The Morgan fingerprint density at radius 2 is 2.25 bits per heavy atom. The average molecular weight is 108 g/mol. The van der Waals surface area contributed by atoms with Gasteiger partial charge >= 0.3 is 0 Å². The van der Waals surface area contributed by atoms with Crippen LogP contribution in [0.4, 0.5) is 0 Å². The lowest BCUT2D eigenvalue weighted by Gasteiger charge is -2.18. The van der Waals surface area contributed by atoms with Crippen molar-refractivity contribution in [1.29, 1.82) is 0 Å². The zero-order valence-electron chi connectivity index (χ0n) is 5.41. The summed E-state index contributed by atoms with van der Waals surface area (Å²) in [6.45, 7) is 2.10. The number of hydrogen-bond acceptors (Lipinski definition) is 0. The van der Waals surface area contributed by atoms with Crippen molar-refractivity contribution < 1.29 is 0 Å². The molecule has 0 heterocycles. The summed E-state index contributed by atoms with van der Waals surface area (Å²) in [5.74, 6) is 7.09. The van der Waals surface area contributed by atoms with Crippen LogP contribution in [0.5, 0.6) is 0 Å². The Morgan fingerprint density at radius 1 is 1.50 bits per heavy atom. The normalized spacial score (nSPS) is 18.6. The molecular formula is C8H12. The first-order chi connectivity index (χ1) is 3.93. The topological polar surface area (TPSA) is 0 Å². The van der Waals surface area contributed by atoms with Crippen LogP contribution >= 0.6 is 0 Å². The lowest BCUT2D eigenvalue weighted by molar-refractivity contribution is 0.401. The van der Waals surface area contributed by atoms with Crippen LogP contribution in [0.25, 0.3) is 0 Å². The average Bonchev–Trinajstić information content (AvgIpc) is 1.63. The van der Waals surface area contributed by atoms with E-state index in [1.54, 1.807) is 0 Å². The fourth-order valence-corrected chi connectivity index (χ4v) is 0.799. The van der Waals surface area contributed by atoms with Gasteiger partial charge in [0.15, 0.2) is 0 Å². The van der Waals surface area contributed by atoms with E-state index in [1.165, 1.54) is 19.3 Å². The molecule has 0 amide bonds. The van der Waals surface area contributed by atoms with Gasteiger partial charge in [-0.25, -0.2) is 0 Å². The Labute approximate surface area is 51.3 Å². The summed E-state index contributed by atoms with van der Waals surface area (Å²) in [4.78, 5) is 0. The molecule has 1 saturated carbocycles. The van der Waals surface area contributed by atoms with Crippen molar-refractivity contribution in [2.75, 3.05) is 0 Å². The molecule has 0 aromatic carbocycles. The lowest BCUT2D eigenvalue weighted by atomic mass is 9.86. The molecule has 1 fully saturated rings. The van der Waals surface area contributed by atoms with E-state index >= 15 is 0 Å². The van der Waals surface area contributed by atoms with Crippen LogP contribution in [0.2, 0.25) is 0 Å². The van der Waals surface area contributed by atoms with Crippen molar-refractivity contribution >= 4 is 0 Å². The molecule has 0 heteroatoms. The summed E-state index contributed by atoms with van der Waals surface area (Å²) in [5.41, 5.74) is 0. The largest absolute Gasteiger partial charge is 0.103 e. The zero-order valence-corrected chi connectivity index (χ0v) is 5.41. The van der Waals surface area contributed by atoms with E-state index in [-0.39, 0.29) is 0 Å². The van der Waals surface area contributed by atoms with E-state index in [0.29, 0.717) is 0 Å². The van der Waals surface area contributed by atoms with Gasteiger partial charge in [-0.15, -0.1) is 5.92 Å². The van der Waals surface area contributed by atoms with Crippen molar-refractivity contribution in [2.45, 2.75) is 32.6 Å². The highest BCUT2D eigenvalue weighted by Gasteiger charge is 2.13. The van der Waals surface area contributed by atoms with E-state index in [2.05, 4.69) is 18.8 Å². The standard InChI is InChI=1S/C8H12/c1-2-3-5-8-6-4-7-8/h8H,2,4,6-7H2,1H3. The van der Waals surface area contributed by atoms with E-state index in [0.717, 1.165) is 12.3 Å². The minimum absolute atomic E-state index is 0.773. The van der Waals surface area contributed by atoms with Crippen LogP contribution in [0.1, 0.15) is 32.6 Å². The second-order valence-electron chi connectivity index (χ2n) is 2.30. The predicted molar refractivity (Wildman–Crippen MR) is 35.4 cm³/mol. The van der Waals surface area contributed by atoms with E-state index in [1.807, 2.05) is 0 Å². The summed E-state index contributed by atoms with van der Waals surface area (Å²) < 4.78 is 0. The summed E-state index contributed by atoms with van der Waals surface area (Å²) in [6.07, 6.45) is 5.14. The fraction of sp³-hybridized carbons (Fsp3) is 0.750. The summed E-state index contributed by atoms with van der Waals surface area (Å²) in [5, 5.41) is 0. The van der Waals surface area contributed by atoms with E-state index < -0.39 is 0 Å². The maximum Gasteiger partial charge on any atom is 0.0202 e. The summed E-state index contributed by atoms with van der Waals surface area (Å²) in [6, 6.07) is 0. The Morgan fingerprint density at radius 3 is 2.62 bits per heavy atom. The third-order valence-electron chi connectivity index (χ3n) is 1.59. The Bertz CT molecular complexity index is 110. The molecule has 0 nitrogen and oxygen atoms in total. The van der Waals surface area contributed by atoms with E-state index in [4.69, 9.17) is 0 Å². The third-order valence-corrected chi connectivity index (χ3v) is 1.59. The van der Waals surface area contributed by atoms with Gasteiger partial charge < -0.3 is 0 Å². The van der Waals surface area contributed by atoms with Gasteiger partial charge in [-0.1, -0.05) is 19.3 Å². The van der Waals surface area contributed by atoms with Crippen LogP contribution in [0.3, 0.4) is 0 Å². The molecule has 0 atom stereocenters. The van der Waals surface area contributed by atoms with Gasteiger partial charge in [0, 0.05) is 12.3 Å². The van der Waals surface area contributed by atoms with Crippen molar-refractivity contribution in [3.05, 3.63) is 0 Å². The van der Waals surface area contributed by atoms with Gasteiger partial charge in [0.2, 0.25) is 0 Å². The molecule has 8 heavy (non-hydrogen) atoms. The molecule has 0 aromatic heterocycles. The molecule has 0 spiro atoms. The molecule has 0 aliphatic heterocycles. The van der Waals surface area contributed by atoms with Crippen LogP contribution in [-0.2, 0) is 0 Å². The highest BCUT2D eigenvalue weighted by molar-refractivity contribution is 5.05. The van der Waals surface area contributed by atoms with Crippen molar-refractivity contribution in [2.24, 2.45) is 5.92 Å². The molecule has 0 unspecified atom stereocenters. The first-order valence-electron chi connectivity index (χ1n) is 3.42. The molecule has 0 saturated heterocycles. The van der Waals surface area contributed by atoms with Crippen molar-refractivity contribution in [1.82, 2.24) is 0 Å². The van der Waals surface area contributed by atoms with Gasteiger partial charge in [0.25, 0.3) is 0 Å². The van der Waals surface area contributed by atoms with Gasteiger partial charge in [0.1, 0.15) is 0 Å². The predicted octanol–water partition coefficient (Wildman–Crippen LogP) is 2.20. The first-order valence-corrected chi connectivity index (χ1v) is 3.42. The molecule has 0 bridgehead atoms. The summed E-state index contributed by atoms with van der Waals surface area (Å²) in [7, 11) is 0. The maximum absolute atomic E-state index is 3.22. The highest BCUT2D eigenvalue weighted by Crippen LogP contribution is 2.24. The monoisotopic (exact) mass is 108 g/mol. The third kappa shape index (κ3) is 1.26. The molecule has 44 valence electrons. The minimum atomic E-state index is 0.773. The zero-order chi connectivity index (χ0) is 5.82. The highest BCUT2D eigenvalue weighted by atomic mass is 14.2. The van der Waals surface area contributed by atoms with Crippen LogP contribution in [0.15, 0.2) is 0 Å². The van der Waals surface area contributed by atoms with Crippen LogP contribution in [0, 0.1) is 17.8 Å². The molecule has 1 rings (SSSR count). The SMILES string of the molecule is CCC#CC1CCC1. The number of hydrogen-bond donors (Lipinski definition) is 0. The Hall–Kier alpha value is -0.440. The van der Waals surface area contributed by atoms with Crippen molar-refractivity contribution in [3.8, 4) is 11.8 Å². The Balaban J connectivity index is 2.16. The molecule has 1 aliphatic rings. The second-order valence-corrected chi connectivity index (χ2v) is 2.30. The van der Waals surface area contributed by atoms with E-state index in [9.17, 15) is 0 Å². The van der Waals surface area contributed by atoms with Gasteiger partial charge in [-0.2, -0.15) is 0 Å². The van der Waals surface area contributed by atoms with Crippen molar-refractivity contribution in [3.63, 3.8) is 0 Å². The lowest BCUT2D eigenvalue weighted by Crippen LogP contribution is -2.07. The maximum atomic E-state index is 3.22. The smallest absolute Gasteiger partial charge is 0.0202 e. The molecule has 0 aromatic rings. The van der Waals surface area contributed by atoms with Gasteiger partial charge in [-0.05, 0) is 12.8 Å². The molecule has 0 N–H and O–H groups in total. The Kier molecular flexibility index (Phi) is 1.97. The molecular weight excluding hydrogens is 96.1 g/mol. The quantitative estimate of drug-likeness (QED) is 0.417. The van der Waals surface area contributed by atoms with Crippen LogP contribution in [-0.4, -0.2) is 0 Å². The number of rotatable bonds is 0. The first kappa shape index (κ1) is 5.69. The molecule has 1 aliphatic carbocycles. The fourth-order valence-electron chi connectivity index (χ4n) is 0.799. The van der Waals surface area contributed by atoms with Crippen LogP contribution < -0.4 is 0 Å². The summed E-state index contributed by atoms with van der Waals surface area (Å²) >= 11 is 0. The molecule has 0 radical (unpaired) electrons. The minimum Gasteiger partial charge on any atom is -0.103 e.